The molecule has 0 amide bonds. The summed E-state index contributed by atoms with van der Waals surface area (Å²) in [7, 11) is 9.28. The number of methoxy groups -OCH3 is 6. The fourth-order valence-corrected chi connectivity index (χ4v) is 3.78. The Bertz CT molecular complexity index is 1140. The molecule has 0 spiro atoms. The van der Waals surface area contributed by atoms with Gasteiger partial charge in [-0.25, -0.2) is 0 Å². The van der Waals surface area contributed by atoms with Crippen molar-refractivity contribution in [3.63, 3.8) is 0 Å². The number of aliphatic imine (C=N–C) groups is 2. The SMILES string of the molecule is COc1cc(C=Nc2cc(Cl)c(N=Cc3cc(OC)c(OC)c(OC)c3)cc2Cl)cc(OC)c1OC. The summed E-state index contributed by atoms with van der Waals surface area (Å²) in [5.74, 6) is 3.04. The van der Waals surface area contributed by atoms with Crippen LogP contribution in [0.2, 0.25) is 10.0 Å². The summed E-state index contributed by atoms with van der Waals surface area (Å²) in [6.45, 7) is 0. The van der Waals surface area contributed by atoms with Crippen molar-refractivity contribution in [3.05, 3.63) is 57.6 Å². The predicted molar refractivity (Wildman–Crippen MR) is 143 cm³/mol. The van der Waals surface area contributed by atoms with Crippen LogP contribution in [0.1, 0.15) is 11.1 Å². The fraction of sp³-hybridized carbons (Fsp3) is 0.231. The van der Waals surface area contributed by atoms with Gasteiger partial charge in [0.15, 0.2) is 23.0 Å². The molecule has 10 heteroatoms. The Hall–Kier alpha value is -3.62. The van der Waals surface area contributed by atoms with Gasteiger partial charge in [-0.1, -0.05) is 23.2 Å². The monoisotopic (exact) mass is 532 g/mol. The highest BCUT2D eigenvalue weighted by Gasteiger charge is 2.14. The summed E-state index contributed by atoms with van der Waals surface area (Å²) in [4.78, 5) is 8.95. The molecular formula is C26H26Cl2N2O6. The van der Waals surface area contributed by atoms with Crippen LogP contribution < -0.4 is 28.4 Å². The van der Waals surface area contributed by atoms with Gasteiger partial charge in [0, 0.05) is 23.6 Å². The molecular weight excluding hydrogens is 507 g/mol. The van der Waals surface area contributed by atoms with Gasteiger partial charge in [0.2, 0.25) is 11.5 Å². The number of ether oxygens (including phenoxy) is 6. The zero-order valence-electron chi connectivity index (χ0n) is 20.7. The second kappa shape index (κ2) is 12.4. The summed E-state index contributed by atoms with van der Waals surface area (Å²) >= 11 is 13.0. The number of hydrogen-bond acceptors (Lipinski definition) is 8. The van der Waals surface area contributed by atoms with Gasteiger partial charge in [-0.15, -0.1) is 0 Å². The summed E-state index contributed by atoms with van der Waals surface area (Å²) in [5, 5.41) is 0.750. The Balaban J connectivity index is 1.90. The molecule has 0 atom stereocenters. The van der Waals surface area contributed by atoms with Crippen molar-refractivity contribution in [1.82, 2.24) is 0 Å². The van der Waals surface area contributed by atoms with Gasteiger partial charge in [-0.2, -0.15) is 0 Å². The molecule has 3 rings (SSSR count). The van der Waals surface area contributed by atoms with Crippen LogP contribution in [0.25, 0.3) is 0 Å². The molecule has 0 saturated carbocycles. The molecule has 0 unspecified atom stereocenters. The molecule has 0 aliphatic heterocycles. The van der Waals surface area contributed by atoms with Crippen LogP contribution in [-0.2, 0) is 0 Å². The van der Waals surface area contributed by atoms with Gasteiger partial charge in [-0.3, -0.25) is 9.98 Å². The lowest BCUT2D eigenvalue weighted by Gasteiger charge is -2.12. The zero-order chi connectivity index (χ0) is 26.2. The van der Waals surface area contributed by atoms with E-state index in [1.165, 1.54) is 0 Å². The van der Waals surface area contributed by atoms with Gasteiger partial charge < -0.3 is 28.4 Å². The van der Waals surface area contributed by atoms with Crippen LogP contribution in [0.4, 0.5) is 11.4 Å². The van der Waals surface area contributed by atoms with Crippen molar-refractivity contribution in [2.45, 2.75) is 0 Å². The molecule has 3 aromatic carbocycles. The lowest BCUT2D eigenvalue weighted by atomic mass is 10.2. The first-order valence-corrected chi connectivity index (χ1v) is 11.3. The van der Waals surface area contributed by atoms with E-state index in [0.29, 0.717) is 55.9 Å². The Kier molecular flexibility index (Phi) is 9.27. The van der Waals surface area contributed by atoms with E-state index in [0.717, 1.165) is 11.1 Å². The highest BCUT2D eigenvalue weighted by molar-refractivity contribution is 6.37. The van der Waals surface area contributed by atoms with Gasteiger partial charge in [0.1, 0.15) is 0 Å². The van der Waals surface area contributed by atoms with Crippen molar-refractivity contribution in [3.8, 4) is 34.5 Å². The maximum Gasteiger partial charge on any atom is 0.203 e. The van der Waals surface area contributed by atoms with Crippen LogP contribution in [0.15, 0.2) is 46.4 Å². The summed E-state index contributed by atoms with van der Waals surface area (Å²) in [5.41, 5.74) is 2.40. The lowest BCUT2D eigenvalue weighted by molar-refractivity contribution is 0.324. The molecule has 0 radical (unpaired) electrons. The first-order valence-electron chi connectivity index (χ1n) is 10.6. The number of halogens is 2. The van der Waals surface area contributed by atoms with Gasteiger partial charge in [0.05, 0.1) is 64.1 Å². The molecule has 0 N–H and O–H groups in total. The van der Waals surface area contributed by atoms with E-state index in [1.807, 2.05) is 0 Å². The number of benzene rings is 3. The lowest BCUT2D eigenvalue weighted by Crippen LogP contribution is -1.96. The van der Waals surface area contributed by atoms with Gasteiger partial charge in [-0.05, 0) is 36.4 Å². The minimum atomic E-state index is 0.375. The second-order valence-corrected chi connectivity index (χ2v) is 8.00. The standard InChI is InChI=1S/C26H26Cl2N2O6/c1-31-21-7-15(8-22(32-2)25(21)35-5)13-29-19-11-18(28)20(12-17(19)27)30-14-16-9-23(33-3)26(36-6)24(10-16)34-4/h7-14H,1-6H3. The van der Waals surface area contributed by atoms with Crippen molar-refractivity contribution < 1.29 is 28.4 Å². The highest BCUT2D eigenvalue weighted by Crippen LogP contribution is 2.40. The van der Waals surface area contributed by atoms with E-state index < -0.39 is 0 Å². The fourth-order valence-electron chi connectivity index (χ4n) is 3.36. The molecule has 0 aliphatic carbocycles. The second-order valence-electron chi connectivity index (χ2n) is 7.19. The zero-order valence-corrected chi connectivity index (χ0v) is 22.2. The van der Waals surface area contributed by atoms with Crippen LogP contribution in [0, 0.1) is 0 Å². The van der Waals surface area contributed by atoms with Crippen molar-refractivity contribution in [2.24, 2.45) is 9.98 Å². The highest BCUT2D eigenvalue weighted by atomic mass is 35.5. The predicted octanol–water partition coefficient (Wildman–Crippen LogP) is 6.55. The molecule has 190 valence electrons. The number of rotatable bonds is 10. The smallest absolute Gasteiger partial charge is 0.203 e. The largest absolute Gasteiger partial charge is 0.493 e. The van der Waals surface area contributed by atoms with Gasteiger partial charge in [0.25, 0.3) is 0 Å². The summed E-state index contributed by atoms with van der Waals surface area (Å²) in [6, 6.07) is 10.4. The minimum absolute atomic E-state index is 0.375. The average molecular weight is 533 g/mol. The first-order chi connectivity index (χ1) is 17.4. The maximum atomic E-state index is 6.48. The molecule has 36 heavy (non-hydrogen) atoms. The van der Waals surface area contributed by atoms with Crippen LogP contribution >= 0.6 is 23.2 Å². The summed E-state index contributed by atoms with van der Waals surface area (Å²) in [6.07, 6.45) is 3.25. The van der Waals surface area contributed by atoms with Crippen molar-refractivity contribution in [2.75, 3.05) is 42.7 Å². The van der Waals surface area contributed by atoms with E-state index >= 15 is 0 Å². The van der Waals surface area contributed by atoms with Crippen molar-refractivity contribution in [1.29, 1.82) is 0 Å². The van der Waals surface area contributed by atoms with Gasteiger partial charge >= 0.3 is 0 Å². The van der Waals surface area contributed by atoms with Crippen molar-refractivity contribution >= 4 is 47.0 Å². The third-order valence-electron chi connectivity index (χ3n) is 5.10. The Labute approximate surface area is 220 Å². The quantitative estimate of drug-likeness (QED) is 0.275. The first kappa shape index (κ1) is 27.0. The van der Waals surface area contributed by atoms with E-state index in [-0.39, 0.29) is 0 Å². The van der Waals surface area contributed by atoms with E-state index in [1.54, 1.807) is 91.5 Å². The molecule has 0 bridgehead atoms. The van der Waals surface area contributed by atoms with Crippen LogP contribution in [0.3, 0.4) is 0 Å². The van der Waals surface area contributed by atoms with E-state index in [9.17, 15) is 0 Å². The third-order valence-corrected chi connectivity index (χ3v) is 5.70. The molecule has 0 saturated heterocycles. The maximum absolute atomic E-state index is 6.48. The topological polar surface area (TPSA) is 80.1 Å². The molecule has 0 aromatic heterocycles. The van der Waals surface area contributed by atoms with Crippen LogP contribution in [-0.4, -0.2) is 55.1 Å². The Morgan fingerprint density at radius 2 is 0.806 bits per heavy atom. The average Bonchev–Trinajstić information content (AvgIpc) is 2.90. The Morgan fingerprint density at radius 1 is 0.500 bits per heavy atom. The van der Waals surface area contributed by atoms with E-state index in [4.69, 9.17) is 51.6 Å². The molecule has 0 heterocycles. The normalized spacial score (nSPS) is 11.1. The third kappa shape index (κ3) is 5.95. The summed E-state index contributed by atoms with van der Waals surface area (Å²) < 4.78 is 32.2. The molecule has 0 aliphatic rings. The number of nitrogens with zero attached hydrogens (tertiary/aromatic N) is 2. The molecule has 8 nitrogen and oxygen atoms in total. The Morgan fingerprint density at radius 3 is 1.06 bits per heavy atom. The van der Waals surface area contributed by atoms with Crippen LogP contribution in [0.5, 0.6) is 34.5 Å². The molecule has 3 aromatic rings. The number of hydrogen-bond donors (Lipinski definition) is 0. The molecule has 0 fully saturated rings. The minimum Gasteiger partial charge on any atom is -0.493 e. The van der Waals surface area contributed by atoms with E-state index in [2.05, 4.69) is 9.98 Å².